The molecule has 0 saturated carbocycles. The number of nitrogens with one attached hydrogen (secondary N) is 2. The van der Waals surface area contributed by atoms with E-state index in [4.69, 9.17) is 0 Å². The Morgan fingerprint density at radius 2 is 1.63 bits per heavy atom. The van der Waals surface area contributed by atoms with Crippen LogP contribution in [-0.4, -0.2) is 23.8 Å². The molecule has 2 amide bonds. The van der Waals surface area contributed by atoms with Crippen LogP contribution in [0.1, 0.15) is 21.6 Å². The van der Waals surface area contributed by atoms with Crippen molar-refractivity contribution in [3.8, 4) is 11.3 Å². The molecule has 3 rings (SSSR count). The molecule has 0 aliphatic rings. The maximum Gasteiger partial charge on any atom is 0.257 e. The molecule has 0 radical (unpaired) electrons. The summed E-state index contributed by atoms with van der Waals surface area (Å²) in [5.74, 6) is -0.356. The number of carbonyl (C=O) groups excluding carboxylic acids is 2. The average Bonchev–Trinajstić information content (AvgIpc) is 2.69. The highest BCUT2D eigenvalue weighted by molar-refractivity contribution is 6.05. The Morgan fingerprint density at radius 3 is 2.33 bits per heavy atom. The Morgan fingerprint density at radius 1 is 0.926 bits per heavy atom. The van der Waals surface area contributed by atoms with Crippen LogP contribution in [0.15, 0.2) is 66.7 Å². The lowest BCUT2D eigenvalue weighted by Gasteiger charge is -2.12. The van der Waals surface area contributed by atoms with Crippen LogP contribution in [-0.2, 0) is 11.2 Å². The molecule has 0 unspecified atom stereocenters. The highest BCUT2D eigenvalue weighted by atomic mass is 16.2. The van der Waals surface area contributed by atoms with Gasteiger partial charge in [-0.1, -0.05) is 48.5 Å². The number of likely N-dealkylation sites (N-methyl/N-ethyl adjacent to an activating group) is 1. The molecule has 2 N–H and O–H groups in total. The number of hydrogen-bond acceptors (Lipinski definition) is 3. The second kappa shape index (κ2) is 8.27. The molecule has 0 aliphatic carbocycles. The molecule has 1 aromatic heterocycles. The molecule has 0 aliphatic heterocycles. The first-order chi connectivity index (χ1) is 13.1. The molecule has 5 nitrogen and oxygen atoms in total. The Hall–Kier alpha value is -3.47. The third kappa shape index (κ3) is 4.39. The Kier molecular flexibility index (Phi) is 5.61. The van der Waals surface area contributed by atoms with Crippen molar-refractivity contribution in [2.24, 2.45) is 0 Å². The molecule has 0 saturated heterocycles. The van der Waals surface area contributed by atoms with Crippen molar-refractivity contribution in [2.75, 3.05) is 12.4 Å². The maximum atomic E-state index is 12.7. The van der Waals surface area contributed by atoms with Crippen molar-refractivity contribution in [3.05, 3.63) is 83.6 Å². The van der Waals surface area contributed by atoms with Crippen LogP contribution in [0.3, 0.4) is 0 Å². The smallest absolute Gasteiger partial charge is 0.257 e. The first kappa shape index (κ1) is 18.3. The van der Waals surface area contributed by atoms with Crippen molar-refractivity contribution >= 4 is 17.5 Å². The van der Waals surface area contributed by atoms with E-state index in [-0.39, 0.29) is 18.2 Å². The van der Waals surface area contributed by atoms with Gasteiger partial charge in [-0.15, -0.1) is 0 Å². The largest absolute Gasteiger partial charge is 0.359 e. The summed E-state index contributed by atoms with van der Waals surface area (Å²) in [6, 6.07) is 20.7. The van der Waals surface area contributed by atoms with E-state index in [2.05, 4.69) is 15.6 Å². The van der Waals surface area contributed by atoms with Gasteiger partial charge < -0.3 is 10.6 Å². The van der Waals surface area contributed by atoms with Crippen LogP contribution in [0.4, 0.5) is 5.69 Å². The number of hydrogen-bond donors (Lipinski definition) is 2. The van der Waals surface area contributed by atoms with Crippen LogP contribution in [0.25, 0.3) is 11.3 Å². The number of benzene rings is 2. The van der Waals surface area contributed by atoms with E-state index >= 15 is 0 Å². The zero-order chi connectivity index (χ0) is 19.2. The van der Waals surface area contributed by atoms with Crippen LogP contribution < -0.4 is 10.6 Å². The Balaban J connectivity index is 1.82. The van der Waals surface area contributed by atoms with Crippen molar-refractivity contribution < 1.29 is 9.59 Å². The zero-order valence-electron chi connectivity index (χ0n) is 15.3. The number of amides is 2. The van der Waals surface area contributed by atoms with Gasteiger partial charge in [-0.05, 0) is 30.7 Å². The summed E-state index contributed by atoms with van der Waals surface area (Å²) in [6.45, 7) is 1.82. The third-order valence-corrected chi connectivity index (χ3v) is 4.30. The van der Waals surface area contributed by atoms with Gasteiger partial charge in [0.25, 0.3) is 5.91 Å². The molecule has 0 bridgehead atoms. The molecule has 0 atom stereocenters. The summed E-state index contributed by atoms with van der Waals surface area (Å²) in [5.41, 5.74) is 4.37. The van der Waals surface area contributed by atoms with Crippen LogP contribution >= 0.6 is 0 Å². The van der Waals surface area contributed by atoms with E-state index in [1.54, 1.807) is 19.2 Å². The summed E-state index contributed by atoms with van der Waals surface area (Å²) in [7, 11) is 1.59. The second-order valence-corrected chi connectivity index (χ2v) is 6.16. The van der Waals surface area contributed by atoms with E-state index in [9.17, 15) is 9.59 Å². The highest BCUT2D eigenvalue weighted by Gasteiger charge is 2.14. The topological polar surface area (TPSA) is 71.1 Å². The summed E-state index contributed by atoms with van der Waals surface area (Å²) in [6.07, 6.45) is 0.205. The molecule has 0 spiro atoms. The van der Waals surface area contributed by atoms with Gasteiger partial charge in [0.05, 0.1) is 23.4 Å². The van der Waals surface area contributed by atoms with E-state index in [1.807, 2.05) is 61.5 Å². The van der Waals surface area contributed by atoms with Crippen LogP contribution in [0.5, 0.6) is 0 Å². The molecule has 136 valence electrons. The number of nitrogens with zero attached hydrogens (tertiary/aromatic N) is 1. The predicted molar refractivity (Wildman–Crippen MR) is 107 cm³/mol. The quantitative estimate of drug-likeness (QED) is 0.731. The van der Waals surface area contributed by atoms with Crippen LogP contribution in [0.2, 0.25) is 0 Å². The number of pyridine rings is 1. The van der Waals surface area contributed by atoms with Crippen molar-refractivity contribution in [3.63, 3.8) is 0 Å². The molecule has 3 aromatic rings. The van der Waals surface area contributed by atoms with Gasteiger partial charge >= 0.3 is 0 Å². The lowest BCUT2D eigenvalue weighted by atomic mass is 10.1. The minimum absolute atomic E-state index is 0.109. The Bertz CT molecular complexity index is 968. The van der Waals surface area contributed by atoms with E-state index < -0.39 is 0 Å². The van der Waals surface area contributed by atoms with E-state index in [1.165, 1.54) is 0 Å². The normalized spacial score (nSPS) is 10.3. The van der Waals surface area contributed by atoms with E-state index in [0.29, 0.717) is 16.9 Å². The fourth-order valence-electron chi connectivity index (χ4n) is 2.82. The molecule has 2 aromatic carbocycles. The van der Waals surface area contributed by atoms with Gasteiger partial charge in [0.2, 0.25) is 5.91 Å². The third-order valence-electron chi connectivity index (χ3n) is 4.30. The highest BCUT2D eigenvalue weighted by Crippen LogP contribution is 2.21. The van der Waals surface area contributed by atoms with E-state index in [0.717, 1.165) is 16.8 Å². The van der Waals surface area contributed by atoms with Crippen molar-refractivity contribution in [2.45, 2.75) is 13.3 Å². The molecular formula is C22H21N3O2. The molecule has 5 heteroatoms. The lowest BCUT2D eigenvalue weighted by Crippen LogP contribution is -2.21. The first-order valence-electron chi connectivity index (χ1n) is 8.71. The summed E-state index contributed by atoms with van der Waals surface area (Å²) >= 11 is 0. The van der Waals surface area contributed by atoms with Crippen molar-refractivity contribution in [1.82, 2.24) is 10.3 Å². The minimum atomic E-state index is -0.246. The first-order valence-corrected chi connectivity index (χ1v) is 8.71. The van der Waals surface area contributed by atoms with Crippen molar-refractivity contribution in [1.29, 1.82) is 0 Å². The summed E-state index contributed by atoms with van der Waals surface area (Å²) in [5, 5.41) is 5.49. The number of aromatic nitrogens is 1. The lowest BCUT2D eigenvalue weighted by molar-refractivity contribution is -0.119. The fraction of sp³-hybridized carbons (Fsp3) is 0.136. The number of carbonyl (C=O) groups is 2. The second-order valence-electron chi connectivity index (χ2n) is 6.16. The van der Waals surface area contributed by atoms with Gasteiger partial charge in [0.1, 0.15) is 0 Å². The number of anilines is 1. The number of aryl methyl sites for hydroxylation is 1. The SMILES string of the molecule is CNC(=O)Cc1ccccc1NC(=O)c1ccc(-c2ccccc2)nc1C. The van der Waals surface area contributed by atoms with Gasteiger partial charge in [0, 0.05) is 18.3 Å². The minimum Gasteiger partial charge on any atom is -0.359 e. The fourth-order valence-corrected chi connectivity index (χ4v) is 2.82. The molecule has 0 fully saturated rings. The summed E-state index contributed by atoms with van der Waals surface area (Å²) < 4.78 is 0. The monoisotopic (exact) mass is 359 g/mol. The van der Waals surface area contributed by atoms with Gasteiger partial charge in [-0.3, -0.25) is 14.6 Å². The Labute approximate surface area is 158 Å². The summed E-state index contributed by atoms with van der Waals surface area (Å²) in [4.78, 5) is 29.0. The average molecular weight is 359 g/mol. The van der Waals surface area contributed by atoms with Crippen LogP contribution in [0, 0.1) is 6.92 Å². The standard InChI is InChI=1S/C22H21N3O2/c1-15-18(12-13-20(24-15)16-8-4-3-5-9-16)22(27)25-19-11-7-6-10-17(19)14-21(26)23-2/h3-13H,14H2,1-2H3,(H,23,26)(H,25,27). The van der Waals surface area contributed by atoms with Gasteiger partial charge in [-0.25, -0.2) is 0 Å². The number of rotatable bonds is 5. The van der Waals surface area contributed by atoms with Gasteiger partial charge in [-0.2, -0.15) is 0 Å². The van der Waals surface area contributed by atoms with Gasteiger partial charge in [0.15, 0.2) is 0 Å². The molecule has 27 heavy (non-hydrogen) atoms. The predicted octanol–water partition coefficient (Wildman–Crippen LogP) is 3.60. The number of para-hydroxylation sites is 1. The zero-order valence-corrected chi connectivity index (χ0v) is 15.3. The maximum absolute atomic E-state index is 12.7. The molecule has 1 heterocycles. The molecular weight excluding hydrogens is 338 g/mol.